The highest BCUT2D eigenvalue weighted by molar-refractivity contribution is 7.10. The Balaban J connectivity index is 2.07. The van der Waals surface area contributed by atoms with E-state index in [1.54, 1.807) is 30.3 Å². The van der Waals surface area contributed by atoms with E-state index in [0.29, 0.717) is 11.4 Å². The van der Waals surface area contributed by atoms with Gasteiger partial charge in [0.2, 0.25) is 5.91 Å². The molecule has 5 nitrogen and oxygen atoms in total. The molecule has 2 N–H and O–H groups in total. The van der Waals surface area contributed by atoms with Crippen molar-refractivity contribution in [3.05, 3.63) is 52.2 Å². The van der Waals surface area contributed by atoms with E-state index in [-0.39, 0.29) is 11.5 Å². The van der Waals surface area contributed by atoms with Gasteiger partial charge in [-0.05, 0) is 41.8 Å². The average molecular weight is 311 g/mol. The van der Waals surface area contributed by atoms with Crippen molar-refractivity contribution in [1.29, 1.82) is 5.26 Å². The number of nitriles is 1. The van der Waals surface area contributed by atoms with Gasteiger partial charge in [0.15, 0.2) is 0 Å². The van der Waals surface area contributed by atoms with Crippen molar-refractivity contribution in [3.63, 3.8) is 0 Å². The first kappa shape index (κ1) is 15.5. The van der Waals surface area contributed by atoms with Crippen LogP contribution in [0.1, 0.15) is 11.8 Å². The molecule has 0 aliphatic rings. The first-order valence-electron chi connectivity index (χ1n) is 6.43. The number of nitrogens with one attached hydrogen (secondary N) is 2. The first-order chi connectivity index (χ1) is 10.6. The molecule has 2 aromatic rings. The number of amides is 2. The minimum atomic E-state index is -0.469. The second-order valence-electron chi connectivity index (χ2n) is 4.40. The molecule has 0 fully saturated rings. The molecule has 0 unspecified atom stereocenters. The van der Waals surface area contributed by atoms with Crippen LogP contribution in [0.25, 0.3) is 6.08 Å². The summed E-state index contributed by atoms with van der Waals surface area (Å²) in [7, 11) is 0. The normalized spacial score (nSPS) is 10.6. The summed E-state index contributed by atoms with van der Waals surface area (Å²) < 4.78 is 0. The Labute approximate surface area is 131 Å². The number of rotatable bonds is 4. The highest BCUT2D eigenvalue weighted by Gasteiger charge is 2.09. The lowest BCUT2D eigenvalue weighted by atomic mass is 10.2. The Morgan fingerprint density at radius 1 is 1.14 bits per heavy atom. The monoisotopic (exact) mass is 311 g/mol. The summed E-state index contributed by atoms with van der Waals surface area (Å²) in [5, 5.41) is 16.3. The summed E-state index contributed by atoms with van der Waals surface area (Å²) in [5.74, 6) is -0.634. The molecule has 22 heavy (non-hydrogen) atoms. The number of benzene rings is 1. The molecule has 0 saturated carbocycles. The summed E-state index contributed by atoms with van der Waals surface area (Å²) in [5.41, 5.74) is 1.22. The molecule has 1 aromatic carbocycles. The van der Waals surface area contributed by atoms with Crippen molar-refractivity contribution < 1.29 is 9.59 Å². The minimum absolute atomic E-state index is 0.0355. The number of hydrogen-bond acceptors (Lipinski definition) is 4. The minimum Gasteiger partial charge on any atom is -0.326 e. The lowest BCUT2D eigenvalue weighted by Gasteiger charge is -2.06. The fourth-order valence-electron chi connectivity index (χ4n) is 1.70. The summed E-state index contributed by atoms with van der Waals surface area (Å²) in [6, 6.07) is 12.2. The van der Waals surface area contributed by atoms with Gasteiger partial charge in [0.1, 0.15) is 11.6 Å². The van der Waals surface area contributed by atoms with Crippen LogP contribution in [0.4, 0.5) is 11.4 Å². The SMILES string of the molecule is CC(=O)Nc1ccc(NC(=O)C(C#N)=Cc2cccs2)cc1. The number of carbonyl (C=O) groups excluding carboxylic acids is 2. The van der Waals surface area contributed by atoms with E-state index in [9.17, 15) is 9.59 Å². The standard InChI is InChI=1S/C16H13N3O2S/c1-11(20)18-13-4-6-14(7-5-13)19-16(21)12(10-17)9-15-3-2-8-22-15/h2-9H,1H3,(H,18,20)(H,19,21). The third kappa shape index (κ3) is 4.30. The smallest absolute Gasteiger partial charge is 0.266 e. The number of anilines is 2. The molecule has 110 valence electrons. The average Bonchev–Trinajstić information content (AvgIpc) is 2.99. The summed E-state index contributed by atoms with van der Waals surface area (Å²) in [4.78, 5) is 23.8. The van der Waals surface area contributed by atoms with Gasteiger partial charge in [-0.25, -0.2) is 0 Å². The van der Waals surface area contributed by atoms with Gasteiger partial charge >= 0.3 is 0 Å². The molecule has 0 radical (unpaired) electrons. The van der Waals surface area contributed by atoms with Gasteiger partial charge in [-0.3, -0.25) is 9.59 Å². The zero-order valence-corrected chi connectivity index (χ0v) is 12.6. The van der Waals surface area contributed by atoms with Crippen LogP contribution < -0.4 is 10.6 Å². The van der Waals surface area contributed by atoms with E-state index in [0.717, 1.165) is 4.88 Å². The van der Waals surface area contributed by atoms with Crippen molar-refractivity contribution in [3.8, 4) is 6.07 Å². The Kier molecular flexibility index (Phi) is 5.07. The highest BCUT2D eigenvalue weighted by atomic mass is 32.1. The van der Waals surface area contributed by atoms with Crippen molar-refractivity contribution in [2.75, 3.05) is 10.6 Å². The molecule has 2 rings (SSSR count). The molecule has 0 saturated heterocycles. The van der Waals surface area contributed by atoms with Crippen LogP contribution >= 0.6 is 11.3 Å². The predicted octanol–water partition coefficient (Wildman–Crippen LogP) is 3.25. The lowest BCUT2D eigenvalue weighted by molar-refractivity contribution is -0.114. The van der Waals surface area contributed by atoms with Gasteiger partial charge in [-0.1, -0.05) is 6.07 Å². The second-order valence-corrected chi connectivity index (χ2v) is 5.38. The quantitative estimate of drug-likeness (QED) is 0.671. The molecule has 2 amide bonds. The molecule has 1 aromatic heterocycles. The maximum Gasteiger partial charge on any atom is 0.266 e. The van der Waals surface area contributed by atoms with Gasteiger partial charge < -0.3 is 10.6 Å². The Hall–Kier alpha value is -2.91. The summed E-state index contributed by atoms with van der Waals surface area (Å²) >= 11 is 1.45. The van der Waals surface area contributed by atoms with Crippen LogP contribution in [0.2, 0.25) is 0 Å². The highest BCUT2D eigenvalue weighted by Crippen LogP contribution is 2.16. The predicted molar refractivity (Wildman–Crippen MR) is 87.3 cm³/mol. The van der Waals surface area contributed by atoms with Crippen molar-refractivity contribution in [2.24, 2.45) is 0 Å². The zero-order valence-electron chi connectivity index (χ0n) is 11.8. The van der Waals surface area contributed by atoms with Crippen LogP contribution in [-0.2, 0) is 9.59 Å². The van der Waals surface area contributed by atoms with E-state index in [2.05, 4.69) is 10.6 Å². The third-order valence-electron chi connectivity index (χ3n) is 2.66. The van der Waals surface area contributed by atoms with Gasteiger partial charge in [-0.15, -0.1) is 11.3 Å². The van der Waals surface area contributed by atoms with Gasteiger partial charge in [0, 0.05) is 23.2 Å². The van der Waals surface area contributed by atoms with Crippen LogP contribution in [0.3, 0.4) is 0 Å². The fourth-order valence-corrected chi connectivity index (χ4v) is 2.36. The molecule has 0 aliphatic carbocycles. The van der Waals surface area contributed by atoms with Crippen molar-refractivity contribution in [2.45, 2.75) is 6.92 Å². The molecular weight excluding hydrogens is 298 g/mol. The van der Waals surface area contributed by atoms with E-state index in [1.807, 2.05) is 23.6 Å². The first-order valence-corrected chi connectivity index (χ1v) is 7.31. The van der Waals surface area contributed by atoms with E-state index < -0.39 is 5.91 Å². The molecule has 0 atom stereocenters. The number of nitrogens with zero attached hydrogens (tertiary/aromatic N) is 1. The van der Waals surface area contributed by atoms with Gasteiger partial charge in [0.25, 0.3) is 5.91 Å². The molecular formula is C16H13N3O2S. The summed E-state index contributed by atoms with van der Waals surface area (Å²) in [6.45, 7) is 1.42. The summed E-state index contributed by atoms with van der Waals surface area (Å²) in [6.07, 6.45) is 1.55. The maximum atomic E-state index is 12.1. The third-order valence-corrected chi connectivity index (χ3v) is 3.48. The number of thiophene rings is 1. The van der Waals surface area contributed by atoms with Crippen LogP contribution in [-0.4, -0.2) is 11.8 Å². The van der Waals surface area contributed by atoms with Crippen LogP contribution in [0.15, 0.2) is 47.4 Å². The molecule has 1 heterocycles. The van der Waals surface area contributed by atoms with Gasteiger partial charge in [0.05, 0.1) is 0 Å². The van der Waals surface area contributed by atoms with E-state index in [1.165, 1.54) is 18.3 Å². The van der Waals surface area contributed by atoms with Crippen LogP contribution in [0.5, 0.6) is 0 Å². The largest absolute Gasteiger partial charge is 0.326 e. The molecule has 0 aliphatic heterocycles. The molecule has 0 spiro atoms. The number of carbonyl (C=O) groups is 2. The van der Waals surface area contributed by atoms with E-state index in [4.69, 9.17) is 5.26 Å². The van der Waals surface area contributed by atoms with E-state index >= 15 is 0 Å². The molecule has 0 bridgehead atoms. The fraction of sp³-hybridized carbons (Fsp3) is 0.0625. The Bertz CT molecular complexity index is 741. The lowest BCUT2D eigenvalue weighted by Crippen LogP contribution is -2.13. The Morgan fingerprint density at radius 2 is 1.77 bits per heavy atom. The zero-order chi connectivity index (χ0) is 15.9. The van der Waals surface area contributed by atoms with Gasteiger partial charge in [-0.2, -0.15) is 5.26 Å². The topological polar surface area (TPSA) is 82.0 Å². The Morgan fingerprint density at radius 3 is 2.27 bits per heavy atom. The van der Waals surface area contributed by atoms with Crippen molar-refractivity contribution >= 4 is 40.6 Å². The molecule has 6 heteroatoms. The number of hydrogen-bond donors (Lipinski definition) is 2. The van der Waals surface area contributed by atoms with Crippen molar-refractivity contribution in [1.82, 2.24) is 0 Å². The maximum absolute atomic E-state index is 12.1. The van der Waals surface area contributed by atoms with Crippen LogP contribution in [0, 0.1) is 11.3 Å². The second kappa shape index (κ2) is 7.20.